The molecule has 1 N–H and O–H groups in total. The van der Waals surface area contributed by atoms with Crippen molar-refractivity contribution >= 4 is 17.4 Å². The van der Waals surface area contributed by atoms with Crippen molar-refractivity contribution in [2.24, 2.45) is 0 Å². The van der Waals surface area contributed by atoms with E-state index >= 15 is 0 Å². The van der Waals surface area contributed by atoms with Crippen LogP contribution in [0.4, 0.5) is 11.5 Å². The first kappa shape index (κ1) is 15.8. The molecule has 24 heavy (non-hydrogen) atoms. The molecule has 5 heteroatoms. The first-order valence-electron chi connectivity index (χ1n) is 7.71. The second-order valence-electron chi connectivity index (χ2n) is 5.67. The SMILES string of the molecule is Cc1cc(NC(=O)c2cccc(N(C)Cc3ccccc3)c2)no1. The Morgan fingerprint density at radius 1 is 1.12 bits per heavy atom. The highest BCUT2D eigenvalue weighted by atomic mass is 16.5. The van der Waals surface area contributed by atoms with Crippen LogP contribution >= 0.6 is 0 Å². The van der Waals surface area contributed by atoms with E-state index in [1.54, 1.807) is 19.1 Å². The van der Waals surface area contributed by atoms with Crippen LogP contribution in [0.5, 0.6) is 0 Å². The first-order valence-corrected chi connectivity index (χ1v) is 7.71. The average Bonchev–Trinajstić information content (AvgIpc) is 3.00. The van der Waals surface area contributed by atoms with Gasteiger partial charge in [0, 0.05) is 30.9 Å². The summed E-state index contributed by atoms with van der Waals surface area (Å²) < 4.78 is 4.96. The van der Waals surface area contributed by atoms with E-state index in [-0.39, 0.29) is 5.91 Å². The van der Waals surface area contributed by atoms with Crippen molar-refractivity contribution in [2.75, 3.05) is 17.3 Å². The van der Waals surface area contributed by atoms with E-state index in [0.717, 1.165) is 12.2 Å². The van der Waals surface area contributed by atoms with Gasteiger partial charge in [-0.2, -0.15) is 0 Å². The number of rotatable bonds is 5. The number of aryl methyl sites for hydroxylation is 1. The van der Waals surface area contributed by atoms with E-state index in [4.69, 9.17) is 4.52 Å². The topological polar surface area (TPSA) is 58.4 Å². The highest BCUT2D eigenvalue weighted by molar-refractivity contribution is 6.04. The number of aromatic nitrogens is 1. The summed E-state index contributed by atoms with van der Waals surface area (Å²) >= 11 is 0. The Kier molecular flexibility index (Phi) is 4.61. The summed E-state index contributed by atoms with van der Waals surface area (Å²) in [6, 6.07) is 19.4. The standard InChI is InChI=1S/C19H19N3O2/c1-14-11-18(21-24-14)20-19(23)16-9-6-10-17(12-16)22(2)13-15-7-4-3-5-8-15/h3-12H,13H2,1-2H3,(H,20,21,23). The molecule has 1 amide bonds. The molecule has 0 saturated heterocycles. The van der Waals surface area contributed by atoms with Gasteiger partial charge in [-0.1, -0.05) is 41.6 Å². The van der Waals surface area contributed by atoms with Crippen molar-refractivity contribution < 1.29 is 9.32 Å². The Labute approximate surface area is 140 Å². The molecule has 0 unspecified atom stereocenters. The lowest BCUT2D eigenvalue weighted by Gasteiger charge is -2.20. The summed E-state index contributed by atoms with van der Waals surface area (Å²) in [7, 11) is 2.00. The Hall–Kier alpha value is -3.08. The lowest BCUT2D eigenvalue weighted by atomic mass is 10.1. The molecule has 5 nitrogen and oxygen atoms in total. The van der Waals surface area contributed by atoms with Gasteiger partial charge in [0.25, 0.3) is 5.91 Å². The van der Waals surface area contributed by atoms with Gasteiger partial charge in [-0.3, -0.25) is 4.79 Å². The van der Waals surface area contributed by atoms with Crippen LogP contribution in [0, 0.1) is 6.92 Å². The van der Waals surface area contributed by atoms with Gasteiger partial charge in [0.2, 0.25) is 0 Å². The minimum Gasteiger partial charge on any atom is -0.370 e. The number of carbonyl (C=O) groups is 1. The molecular weight excluding hydrogens is 302 g/mol. The Balaban J connectivity index is 1.72. The molecule has 122 valence electrons. The van der Waals surface area contributed by atoms with Crippen LogP contribution in [0.1, 0.15) is 21.7 Å². The lowest BCUT2D eigenvalue weighted by Crippen LogP contribution is -2.18. The number of carbonyl (C=O) groups excluding carboxylic acids is 1. The summed E-state index contributed by atoms with van der Waals surface area (Å²) in [6.45, 7) is 2.55. The summed E-state index contributed by atoms with van der Waals surface area (Å²) in [5.74, 6) is 0.862. The molecule has 2 aromatic carbocycles. The number of benzene rings is 2. The van der Waals surface area contributed by atoms with Crippen LogP contribution < -0.4 is 10.2 Å². The van der Waals surface area contributed by atoms with E-state index in [9.17, 15) is 4.79 Å². The summed E-state index contributed by atoms with van der Waals surface area (Å²) in [5.41, 5.74) is 2.77. The minimum absolute atomic E-state index is 0.210. The van der Waals surface area contributed by atoms with Crippen molar-refractivity contribution in [1.29, 1.82) is 0 Å². The zero-order valence-electron chi connectivity index (χ0n) is 13.7. The molecule has 0 atom stereocenters. The second-order valence-corrected chi connectivity index (χ2v) is 5.67. The van der Waals surface area contributed by atoms with Crippen molar-refractivity contribution in [3.05, 3.63) is 77.6 Å². The highest BCUT2D eigenvalue weighted by Crippen LogP contribution is 2.18. The molecule has 1 aromatic heterocycles. The van der Waals surface area contributed by atoms with E-state index in [1.807, 2.05) is 43.4 Å². The van der Waals surface area contributed by atoms with Crippen LogP contribution in [0.2, 0.25) is 0 Å². The molecule has 0 spiro atoms. The molecule has 0 aliphatic heterocycles. The molecule has 0 bridgehead atoms. The maximum Gasteiger partial charge on any atom is 0.256 e. The fourth-order valence-electron chi connectivity index (χ4n) is 2.45. The Morgan fingerprint density at radius 2 is 1.92 bits per heavy atom. The fraction of sp³-hybridized carbons (Fsp3) is 0.158. The summed E-state index contributed by atoms with van der Waals surface area (Å²) in [6.07, 6.45) is 0. The quantitative estimate of drug-likeness (QED) is 0.775. The third-order valence-corrected chi connectivity index (χ3v) is 3.68. The number of hydrogen-bond donors (Lipinski definition) is 1. The molecule has 0 fully saturated rings. The van der Waals surface area contributed by atoms with E-state index in [0.29, 0.717) is 17.1 Å². The van der Waals surface area contributed by atoms with Crippen LogP contribution in [-0.2, 0) is 6.54 Å². The monoisotopic (exact) mass is 321 g/mol. The third kappa shape index (κ3) is 3.81. The predicted octanol–water partition coefficient (Wildman–Crippen LogP) is 3.87. The van der Waals surface area contributed by atoms with Gasteiger partial charge in [0.1, 0.15) is 5.76 Å². The summed E-state index contributed by atoms with van der Waals surface area (Å²) in [5, 5.41) is 6.51. The molecule has 0 aliphatic rings. The van der Waals surface area contributed by atoms with Crippen molar-refractivity contribution in [3.8, 4) is 0 Å². The van der Waals surface area contributed by atoms with Crippen molar-refractivity contribution in [3.63, 3.8) is 0 Å². The van der Waals surface area contributed by atoms with E-state index in [2.05, 4.69) is 27.5 Å². The van der Waals surface area contributed by atoms with Gasteiger partial charge in [0.05, 0.1) is 0 Å². The number of nitrogens with zero attached hydrogens (tertiary/aromatic N) is 2. The van der Waals surface area contributed by atoms with Gasteiger partial charge in [-0.25, -0.2) is 0 Å². The Bertz CT molecular complexity index is 827. The first-order chi connectivity index (χ1) is 11.6. The normalized spacial score (nSPS) is 10.4. The van der Waals surface area contributed by atoms with Crippen LogP contribution in [-0.4, -0.2) is 18.1 Å². The second kappa shape index (κ2) is 7.00. The van der Waals surface area contributed by atoms with Crippen molar-refractivity contribution in [1.82, 2.24) is 5.16 Å². The van der Waals surface area contributed by atoms with Crippen LogP contribution in [0.3, 0.4) is 0 Å². The smallest absolute Gasteiger partial charge is 0.256 e. The van der Waals surface area contributed by atoms with Crippen molar-refractivity contribution in [2.45, 2.75) is 13.5 Å². The van der Waals surface area contributed by atoms with E-state index < -0.39 is 0 Å². The molecule has 3 rings (SSSR count). The van der Waals surface area contributed by atoms with Gasteiger partial charge in [-0.05, 0) is 30.7 Å². The van der Waals surface area contributed by atoms with E-state index in [1.165, 1.54) is 5.56 Å². The van der Waals surface area contributed by atoms with Gasteiger partial charge < -0.3 is 14.7 Å². The predicted molar refractivity (Wildman–Crippen MR) is 94.2 cm³/mol. The van der Waals surface area contributed by atoms with Crippen LogP contribution in [0.15, 0.2) is 65.2 Å². The number of anilines is 2. The molecule has 3 aromatic rings. The van der Waals surface area contributed by atoms with Gasteiger partial charge in [-0.15, -0.1) is 0 Å². The molecule has 0 saturated carbocycles. The number of amides is 1. The maximum absolute atomic E-state index is 12.3. The molecular formula is C19H19N3O2. The minimum atomic E-state index is -0.210. The third-order valence-electron chi connectivity index (χ3n) is 3.68. The average molecular weight is 321 g/mol. The number of nitrogens with one attached hydrogen (secondary N) is 1. The molecule has 0 aliphatic carbocycles. The van der Waals surface area contributed by atoms with Gasteiger partial charge in [0.15, 0.2) is 5.82 Å². The highest BCUT2D eigenvalue weighted by Gasteiger charge is 2.11. The summed E-state index contributed by atoms with van der Waals surface area (Å²) in [4.78, 5) is 14.4. The fourth-order valence-corrected chi connectivity index (χ4v) is 2.45. The molecule has 0 radical (unpaired) electrons. The largest absolute Gasteiger partial charge is 0.370 e. The Morgan fingerprint density at radius 3 is 2.62 bits per heavy atom. The van der Waals surface area contributed by atoms with Gasteiger partial charge >= 0.3 is 0 Å². The number of hydrogen-bond acceptors (Lipinski definition) is 4. The zero-order valence-corrected chi connectivity index (χ0v) is 13.7. The maximum atomic E-state index is 12.3. The van der Waals surface area contributed by atoms with Crippen LogP contribution in [0.25, 0.3) is 0 Å². The lowest BCUT2D eigenvalue weighted by molar-refractivity contribution is 0.102. The zero-order chi connectivity index (χ0) is 16.9. The molecule has 1 heterocycles.